The molecule has 5 nitrogen and oxygen atoms in total. The lowest BCUT2D eigenvalue weighted by atomic mass is 10.0. The summed E-state index contributed by atoms with van der Waals surface area (Å²) in [4.78, 5) is 28.1. The van der Waals surface area contributed by atoms with Crippen LogP contribution in [0.4, 0.5) is 13.2 Å². The molecule has 0 fully saturated rings. The van der Waals surface area contributed by atoms with Gasteiger partial charge in [0, 0.05) is 36.0 Å². The van der Waals surface area contributed by atoms with E-state index in [2.05, 4.69) is 4.98 Å². The van der Waals surface area contributed by atoms with Crippen LogP contribution in [0.2, 0.25) is 10.0 Å². The smallest absolute Gasteiger partial charge is 0.433 e. The van der Waals surface area contributed by atoms with Crippen LogP contribution in [0, 0.1) is 0 Å². The van der Waals surface area contributed by atoms with Gasteiger partial charge in [-0.3, -0.25) is 4.79 Å². The fourth-order valence-electron chi connectivity index (χ4n) is 3.28. The summed E-state index contributed by atoms with van der Waals surface area (Å²) in [6, 6.07) is 9.02. The summed E-state index contributed by atoms with van der Waals surface area (Å²) >= 11 is 12.0. The van der Waals surface area contributed by atoms with Crippen molar-refractivity contribution in [3.63, 3.8) is 0 Å². The Kier molecular flexibility index (Phi) is 6.43. The van der Waals surface area contributed by atoms with Gasteiger partial charge in [-0.2, -0.15) is 13.2 Å². The van der Waals surface area contributed by atoms with E-state index >= 15 is 0 Å². The Morgan fingerprint density at radius 2 is 1.84 bits per heavy atom. The normalized spacial score (nSPS) is 11.5. The molecule has 0 amide bonds. The summed E-state index contributed by atoms with van der Waals surface area (Å²) in [5.41, 5.74) is -1.49. The molecule has 1 aromatic carbocycles. The molecule has 2 heterocycles. The molecular formula is C21H15Cl2F3N2O3. The Morgan fingerprint density at radius 3 is 2.42 bits per heavy atom. The summed E-state index contributed by atoms with van der Waals surface area (Å²) in [6.45, 7) is 1.96. The third kappa shape index (κ3) is 4.75. The number of benzene rings is 1. The van der Waals surface area contributed by atoms with Gasteiger partial charge in [0.15, 0.2) is 5.43 Å². The Balaban J connectivity index is 2.24. The van der Waals surface area contributed by atoms with E-state index in [4.69, 9.17) is 23.2 Å². The molecule has 0 radical (unpaired) electrons. The molecule has 0 atom stereocenters. The van der Waals surface area contributed by atoms with Crippen molar-refractivity contribution in [1.29, 1.82) is 0 Å². The first-order valence-corrected chi connectivity index (χ1v) is 9.77. The van der Waals surface area contributed by atoms with Crippen LogP contribution >= 0.6 is 23.2 Å². The molecule has 0 aliphatic heterocycles. The van der Waals surface area contributed by atoms with E-state index in [-0.39, 0.29) is 34.4 Å². The molecule has 0 saturated carbocycles. The number of alkyl halides is 3. The van der Waals surface area contributed by atoms with Crippen LogP contribution in [-0.4, -0.2) is 20.6 Å². The maximum absolute atomic E-state index is 13.0. The number of hydrogen-bond acceptors (Lipinski definition) is 3. The topological polar surface area (TPSA) is 72.2 Å². The largest absolute Gasteiger partial charge is 0.477 e. The number of carbonyl (C=O) groups is 1. The molecule has 3 aromatic rings. The van der Waals surface area contributed by atoms with Crippen molar-refractivity contribution < 1.29 is 23.1 Å². The lowest BCUT2D eigenvalue weighted by Gasteiger charge is -2.20. The number of aromatic carboxylic acids is 1. The molecule has 162 valence electrons. The highest BCUT2D eigenvalue weighted by Gasteiger charge is 2.32. The number of pyridine rings is 2. The maximum Gasteiger partial charge on any atom is 0.433 e. The van der Waals surface area contributed by atoms with Crippen LogP contribution in [-0.2, 0) is 19.1 Å². The maximum atomic E-state index is 13.0. The van der Waals surface area contributed by atoms with E-state index in [1.165, 1.54) is 30.3 Å². The van der Waals surface area contributed by atoms with Gasteiger partial charge in [-0.05, 0) is 31.2 Å². The number of aromatic nitrogens is 2. The molecule has 0 unspecified atom stereocenters. The minimum atomic E-state index is -4.61. The van der Waals surface area contributed by atoms with Gasteiger partial charge in [-0.25, -0.2) is 9.78 Å². The summed E-state index contributed by atoms with van der Waals surface area (Å²) in [5, 5.41) is 10.1. The number of carboxylic acid groups (broad SMARTS) is 1. The molecule has 0 spiro atoms. The van der Waals surface area contributed by atoms with Crippen molar-refractivity contribution in [2.45, 2.75) is 26.1 Å². The number of halogens is 5. The number of carboxylic acids is 1. The average Bonchev–Trinajstić information content (AvgIpc) is 2.69. The lowest BCUT2D eigenvalue weighted by molar-refractivity contribution is -0.141. The SMILES string of the molecule is CCn1c(Cc2cccc(C(F)(F)F)n2)cc(=O)c(C(=O)O)c1-c1ccc(Cl)c(Cl)c1. The predicted molar refractivity (Wildman–Crippen MR) is 111 cm³/mol. The lowest BCUT2D eigenvalue weighted by Crippen LogP contribution is -2.24. The van der Waals surface area contributed by atoms with E-state index in [9.17, 15) is 27.9 Å². The number of hydrogen-bond donors (Lipinski definition) is 1. The van der Waals surface area contributed by atoms with Crippen molar-refractivity contribution in [3.05, 3.63) is 85.4 Å². The molecule has 3 rings (SSSR count). The number of rotatable bonds is 5. The van der Waals surface area contributed by atoms with Crippen LogP contribution in [0.5, 0.6) is 0 Å². The van der Waals surface area contributed by atoms with Crippen LogP contribution in [0.15, 0.2) is 47.3 Å². The highest BCUT2D eigenvalue weighted by atomic mass is 35.5. The highest BCUT2D eigenvalue weighted by molar-refractivity contribution is 6.42. The van der Waals surface area contributed by atoms with Crippen molar-refractivity contribution in [1.82, 2.24) is 9.55 Å². The second-order valence-corrected chi connectivity index (χ2v) is 7.40. The third-order valence-corrected chi connectivity index (χ3v) is 5.32. The van der Waals surface area contributed by atoms with Gasteiger partial charge in [0.1, 0.15) is 11.3 Å². The molecule has 0 aliphatic carbocycles. The van der Waals surface area contributed by atoms with Gasteiger partial charge >= 0.3 is 12.1 Å². The molecule has 0 saturated heterocycles. The Morgan fingerprint density at radius 1 is 1.13 bits per heavy atom. The van der Waals surface area contributed by atoms with Gasteiger partial charge in [0.25, 0.3) is 0 Å². The Labute approximate surface area is 184 Å². The quantitative estimate of drug-likeness (QED) is 0.530. The first-order chi connectivity index (χ1) is 14.5. The van der Waals surface area contributed by atoms with E-state index < -0.39 is 28.8 Å². The standard InChI is InChI=1S/C21H15Cl2F3N2O3/c1-2-28-13(9-12-4-3-5-17(27-12)21(24,25)26)10-16(29)18(20(30)31)19(28)11-6-7-14(22)15(23)8-11/h3-8,10H,2,9H2,1H3,(H,30,31). The molecule has 31 heavy (non-hydrogen) atoms. The fraction of sp³-hybridized carbons (Fsp3) is 0.190. The van der Waals surface area contributed by atoms with Crippen LogP contribution < -0.4 is 5.43 Å². The van der Waals surface area contributed by atoms with Crippen LogP contribution in [0.1, 0.15) is 34.4 Å². The molecule has 0 aliphatic rings. The van der Waals surface area contributed by atoms with Crippen molar-refractivity contribution in [2.75, 3.05) is 0 Å². The second kappa shape index (κ2) is 8.72. The average molecular weight is 471 g/mol. The summed E-state index contributed by atoms with van der Waals surface area (Å²) < 4.78 is 40.6. The molecule has 2 aromatic heterocycles. The van der Waals surface area contributed by atoms with Gasteiger partial charge in [-0.1, -0.05) is 35.3 Å². The first-order valence-electron chi connectivity index (χ1n) is 9.01. The predicted octanol–water partition coefficient (Wildman–Crippen LogP) is 5.54. The molecule has 1 N–H and O–H groups in total. The van der Waals surface area contributed by atoms with Crippen molar-refractivity contribution >= 4 is 29.2 Å². The fourth-order valence-corrected chi connectivity index (χ4v) is 3.57. The van der Waals surface area contributed by atoms with E-state index in [1.54, 1.807) is 11.5 Å². The molecule has 10 heteroatoms. The highest BCUT2D eigenvalue weighted by Crippen LogP contribution is 2.31. The Hall–Kier alpha value is -2.84. The second-order valence-electron chi connectivity index (χ2n) is 6.59. The zero-order valence-electron chi connectivity index (χ0n) is 16.0. The minimum absolute atomic E-state index is 0.0830. The van der Waals surface area contributed by atoms with Gasteiger partial charge in [-0.15, -0.1) is 0 Å². The first kappa shape index (κ1) is 22.8. The zero-order valence-corrected chi connectivity index (χ0v) is 17.5. The monoisotopic (exact) mass is 470 g/mol. The molecule has 0 bridgehead atoms. The van der Waals surface area contributed by atoms with E-state index in [0.29, 0.717) is 11.3 Å². The number of nitrogens with zero attached hydrogens (tertiary/aromatic N) is 2. The van der Waals surface area contributed by atoms with E-state index in [0.717, 1.165) is 12.1 Å². The van der Waals surface area contributed by atoms with Gasteiger partial charge in [0.2, 0.25) is 0 Å². The van der Waals surface area contributed by atoms with E-state index in [1.807, 2.05) is 0 Å². The van der Waals surface area contributed by atoms with Crippen LogP contribution in [0.25, 0.3) is 11.3 Å². The third-order valence-electron chi connectivity index (χ3n) is 4.58. The van der Waals surface area contributed by atoms with Crippen LogP contribution in [0.3, 0.4) is 0 Å². The van der Waals surface area contributed by atoms with Crippen molar-refractivity contribution in [2.24, 2.45) is 0 Å². The van der Waals surface area contributed by atoms with Gasteiger partial charge < -0.3 is 9.67 Å². The Bertz CT molecular complexity index is 1220. The zero-order chi connectivity index (χ0) is 22.9. The van der Waals surface area contributed by atoms with Gasteiger partial charge in [0.05, 0.1) is 15.7 Å². The minimum Gasteiger partial charge on any atom is -0.477 e. The summed E-state index contributed by atoms with van der Waals surface area (Å²) in [6.07, 6.45) is -4.72. The molecular weight excluding hydrogens is 456 g/mol. The summed E-state index contributed by atoms with van der Waals surface area (Å²) in [5.74, 6) is -1.43. The van der Waals surface area contributed by atoms with Crippen molar-refractivity contribution in [3.8, 4) is 11.3 Å². The summed E-state index contributed by atoms with van der Waals surface area (Å²) in [7, 11) is 0.